The van der Waals surface area contributed by atoms with Gasteiger partial charge in [0.05, 0.1) is 50.3 Å². The lowest BCUT2D eigenvalue weighted by Gasteiger charge is -2.06. The molecule has 0 bridgehead atoms. The first-order valence-electron chi connectivity index (χ1n) is 42.8. The van der Waals surface area contributed by atoms with Crippen molar-refractivity contribution in [2.24, 2.45) is 0 Å². The van der Waals surface area contributed by atoms with E-state index >= 15 is 0 Å². The monoisotopic (exact) mass is 1890 g/mol. The maximum Gasteiger partial charge on any atom is 0.234 e. The highest BCUT2D eigenvalue weighted by Gasteiger charge is 2.19. The summed E-state index contributed by atoms with van der Waals surface area (Å²) in [6.07, 6.45) is 0. The van der Waals surface area contributed by atoms with Gasteiger partial charge in [0.2, 0.25) is 17.7 Å². The molecule has 0 fully saturated rings. The van der Waals surface area contributed by atoms with E-state index in [0.29, 0.717) is 102 Å². The van der Waals surface area contributed by atoms with Crippen LogP contribution in [-0.2, 0) is 27.5 Å². The van der Waals surface area contributed by atoms with E-state index in [4.69, 9.17) is 23.7 Å². The zero-order valence-electron chi connectivity index (χ0n) is 74.2. The molecule has 0 unspecified atom stereocenters. The summed E-state index contributed by atoms with van der Waals surface area (Å²) >= 11 is 7.40. The van der Waals surface area contributed by atoms with Gasteiger partial charge in [-0.05, 0) is 270 Å². The number of hydrogen-bond donors (Lipinski definition) is 3. The summed E-state index contributed by atoms with van der Waals surface area (Å²) in [5, 5.41) is 78.0. The van der Waals surface area contributed by atoms with Crippen molar-refractivity contribution in [1.29, 1.82) is 0 Å². The molecule has 0 aliphatic rings. The maximum absolute atomic E-state index is 13.0. The van der Waals surface area contributed by atoms with Crippen LogP contribution in [0.1, 0.15) is 66.5 Å². The fourth-order valence-electron chi connectivity index (χ4n) is 12.7. The Labute approximate surface area is 791 Å². The van der Waals surface area contributed by atoms with Gasteiger partial charge in [0, 0.05) is 51.8 Å². The van der Waals surface area contributed by atoms with Crippen LogP contribution in [0.25, 0.3) is 85.2 Å². The standard InChI is InChI=1S/C22H20FN5O2S.C22H21N5O2S.C21H18FN5O2S.C16H18N4OS.C15H16N4OS/c1-2-30-18-9-5-16(6-10-18)22-26-25-19-11-12-21(27-28(19)22)31-14-20(29)24-13-15-3-7-17(23)8-4-15;1-2-29-18-10-8-17(9-11-18)22-25-24-19-12-13-21(26-27(19)22)30-15-20(28)23-14-16-6-4-3-5-7-16;1-2-29-17-9-3-14(4-10-17)21-25-24-18-11-12-20(26-27(18)21)30-13-19(28)23-16-7-5-15(22)6-8-16;1-4-21-13-7-5-12(6-8-13)16-18-17-14-9-10-15(19-20(14)16)22-11(2)3;1-3-20-12-7-5-11(6-8-12)15-17-16-13-9-10-14(21-4-2)18-19(13)15/h3-12H,2,13-14H2,1H3,(H,24,29);3-13H,2,14-15H2,1H3,(H,23,28);3-12H,2,13H2,1H3,(H,23,28);5-11H,4H2,1-3H3;5-10H,3-4H2,1-2H3. The molecule has 31 nitrogen and oxygen atoms in total. The molecule has 0 radical (unpaired) electrons. The Morgan fingerprint density at radius 2 is 0.575 bits per heavy atom. The molecule has 18 rings (SSSR count). The second-order valence-electron chi connectivity index (χ2n) is 28.8. The topological polar surface area (TPSA) is 349 Å². The molecule has 684 valence electrons. The van der Waals surface area contributed by atoms with Crippen LogP contribution in [0.15, 0.2) is 286 Å². The third kappa shape index (κ3) is 26.7. The number of ether oxygens (including phenoxy) is 5. The molecule has 38 heteroatoms. The van der Waals surface area contributed by atoms with E-state index in [1.807, 2.05) is 235 Å². The van der Waals surface area contributed by atoms with Gasteiger partial charge in [0.25, 0.3) is 0 Å². The smallest absolute Gasteiger partial charge is 0.234 e. The number of nitrogens with zero attached hydrogens (tertiary/aromatic N) is 20. The normalized spacial score (nSPS) is 10.9. The van der Waals surface area contributed by atoms with Gasteiger partial charge in [-0.25, -0.2) is 8.78 Å². The van der Waals surface area contributed by atoms with Crippen molar-refractivity contribution in [3.05, 3.63) is 284 Å². The average molecular weight is 1900 g/mol. The fourth-order valence-corrected chi connectivity index (χ4v) is 16.1. The van der Waals surface area contributed by atoms with E-state index in [9.17, 15) is 23.2 Å². The highest BCUT2D eigenvalue weighted by molar-refractivity contribution is 8.00. The third-order valence-electron chi connectivity index (χ3n) is 18.9. The number of rotatable bonds is 33. The zero-order chi connectivity index (χ0) is 93.5. The predicted octanol–water partition coefficient (Wildman–Crippen LogP) is 18.4. The van der Waals surface area contributed by atoms with Gasteiger partial charge in [-0.2, -0.15) is 48.1 Å². The van der Waals surface area contributed by atoms with Crippen molar-refractivity contribution in [2.45, 2.75) is 98.9 Å². The summed E-state index contributed by atoms with van der Waals surface area (Å²) in [6.45, 7) is 20.2. The number of aromatic nitrogens is 20. The molecular formula is C96H93F2N23O8S5. The van der Waals surface area contributed by atoms with Gasteiger partial charge in [0.1, 0.15) is 65.5 Å². The Balaban J connectivity index is 0.000000135. The second-order valence-corrected chi connectivity index (χ2v) is 34.7. The summed E-state index contributed by atoms with van der Waals surface area (Å²) in [5.41, 5.74) is 10.4. The summed E-state index contributed by atoms with van der Waals surface area (Å²) in [5.74, 6) is 8.03. The molecule has 0 spiro atoms. The van der Waals surface area contributed by atoms with E-state index in [-0.39, 0.29) is 46.6 Å². The van der Waals surface area contributed by atoms with Gasteiger partial charge >= 0.3 is 0 Å². The second kappa shape index (κ2) is 48.1. The SMILES string of the molecule is CCOc1ccc(-c2nnc3ccc(SC(C)C)nn23)cc1.CCOc1ccc(-c2nnc3ccc(SCC(=O)NCc4ccc(F)cc4)nn23)cc1.CCOc1ccc(-c2nnc3ccc(SCC(=O)NCc4ccccc4)nn23)cc1.CCOc1ccc(-c2nnc3ccc(SCC(=O)Nc4ccc(F)cc4)nn23)cc1.CCOc1ccc(-c2nnc3ccc(SCC)nn23)cc1. The van der Waals surface area contributed by atoms with Crippen molar-refractivity contribution in [3.63, 3.8) is 0 Å². The fraction of sp³-hybridized carbons (Fsp3) is 0.208. The number of amides is 3. The number of thioether (sulfide) groups is 5. The number of nitrogens with one attached hydrogen (secondary N) is 3. The Hall–Kier alpha value is -14.5. The van der Waals surface area contributed by atoms with Gasteiger partial charge in [-0.1, -0.05) is 98.5 Å². The average Bonchev–Trinajstić information content (AvgIpc) is 1.70. The quantitative estimate of drug-likeness (QED) is 0.0322. The van der Waals surface area contributed by atoms with Crippen molar-refractivity contribution in [2.75, 3.05) is 61.4 Å². The Morgan fingerprint density at radius 1 is 0.306 bits per heavy atom. The highest BCUT2D eigenvalue weighted by atomic mass is 32.2. The number of anilines is 1. The maximum atomic E-state index is 13.0. The minimum absolute atomic E-state index is 0.0405. The van der Waals surface area contributed by atoms with Crippen molar-refractivity contribution in [1.82, 2.24) is 110 Å². The molecule has 134 heavy (non-hydrogen) atoms. The number of carbonyl (C=O) groups is 3. The molecule has 8 aromatic carbocycles. The van der Waals surface area contributed by atoms with Crippen LogP contribution in [0.5, 0.6) is 28.7 Å². The lowest BCUT2D eigenvalue weighted by atomic mass is 10.2. The first-order chi connectivity index (χ1) is 65.4. The van der Waals surface area contributed by atoms with Gasteiger partial charge < -0.3 is 39.6 Å². The number of carbonyl (C=O) groups excluding carboxylic acids is 3. The number of hydrogen-bond acceptors (Lipinski definition) is 28. The number of halogens is 2. The van der Waals surface area contributed by atoms with Crippen molar-refractivity contribution >= 4 is 110 Å². The van der Waals surface area contributed by atoms with E-state index in [0.717, 1.165) is 111 Å². The number of fused-ring (bicyclic) bond motifs is 5. The van der Waals surface area contributed by atoms with E-state index in [1.54, 1.807) is 70.4 Å². The molecule has 0 atom stereocenters. The molecule has 3 amide bonds. The first kappa shape index (κ1) is 95.6. The Morgan fingerprint density at radius 3 is 0.866 bits per heavy atom. The van der Waals surface area contributed by atoms with E-state index in [1.165, 1.54) is 71.7 Å². The van der Waals surface area contributed by atoms with Crippen molar-refractivity contribution in [3.8, 4) is 85.7 Å². The van der Waals surface area contributed by atoms with Crippen LogP contribution in [-0.4, -0.2) is 178 Å². The Bertz CT molecular complexity index is 6870. The molecule has 10 heterocycles. The highest BCUT2D eigenvalue weighted by Crippen LogP contribution is 2.31. The summed E-state index contributed by atoms with van der Waals surface area (Å²) in [7, 11) is 0. The summed E-state index contributed by atoms with van der Waals surface area (Å²) in [6, 6.07) is 78.7. The van der Waals surface area contributed by atoms with E-state index < -0.39 is 0 Å². The molecule has 0 saturated carbocycles. The van der Waals surface area contributed by atoms with Crippen LogP contribution in [0, 0.1) is 11.6 Å². The molecule has 3 N–H and O–H groups in total. The van der Waals surface area contributed by atoms with Crippen LogP contribution in [0.3, 0.4) is 0 Å². The lowest BCUT2D eigenvalue weighted by molar-refractivity contribution is -0.119. The summed E-state index contributed by atoms with van der Waals surface area (Å²) < 4.78 is 61.8. The van der Waals surface area contributed by atoms with Gasteiger partial charge in [-0.3, -0.25) is 14.4 Å². The van der Waals surface area contributed by atoms with Crippen LogP contribution in [0.2, 0.25) is 0 Å². The molecule has 18 aromatic rings. The van der Waals surface area contributed by atoms with E-state index in [2.05, 4.69) is 113 Å². The molecule has 0 aliphatic carbocycles. The largest absolute Gasteiger partial charge is 0.494 e. The van der Waals surface area contributed by atoms with Gasteiger partial charge in [-0.15, -0.1) is 74.5 Å². The molecule has 10 aromatic heterocycles. The summed E-state index contributed by atoms with van der Waals surface area (Å²) in [4.78, 5) is 36.5. The lowest BCUT2D eigenvalue weighted by Crippen LogP contribution is -2.24. The first-order valence-corrected chi connectivity index (χ1v) is 47.6. The Kier molecular flexibility index (Phi) is 34.3. The molecule has 0 saturated heterocycles. The zero-order valence-corrected chi connectivity index (χ0v) is 78.3. The van der Waals surface area contributed by atoms with Crippen LogP contribution in [0.4, 0.5) is 14.5 Å². The molecular weight excluding hydrogens is 1800 g/mol. The van der Waals surface area contributed by atoms with Crippen LogP contribution < -0.4 is 39.6 Å². The number of benzene rings is 8. The predicted molar refractivity (Wildman–Crippen MR) is 518 cm³/mol. The van der Waals surface area contributed by atoms with Gasteiger partial charge in [0.15, 0.2) is 57.4 Å². The third-order valence-corrected chi connectivity index (χ3v) is 23.4. The minimum Gasteiger partial charge on any atom is -0.494 e. The molecule has 0 aliphatic heterocycles. The van der Waals surface area contributed by atoms with Crippen molar-refractivity contribution < 1.29 is 46.8 Å². The minimum atomic E-state index is -0.350. The van der Waals surface area contributed by atoms with Crippen LogP contribution >= 0.6 is 58.8 Å².